The largest absolute Gasteiger partial charge is 0.0724 e. The quantitative estimate of drug-likeness (QED) is 0.247. The Balaban J connectivity index is 2.01. The summed E-state index contributed by atoms with van der Waals surface area (Å²) >= 11 is 7.56. The fourth-order valence-electron chi connectivity index (χ4n) is 4.47. The standard InChI is InChI=1S/C25H16Br2/c26-19-14-15-22-21(16-19)20-12-7-13-23(27)24(20)25(22,17-8-3-1-4-9-17)18-10-5-2-6-11-18/h1-16H. The van der Waals surface area contributed by atoms with Gasteiger partial charge in [-0.05, 0) is 51.6 Å². The molecule has 27 heavy (non-hydrogen) atoms. The Labute approximate surface area is 176 Å². The molecule has 0 nitrogen and oxygen atoms in total. The van der Waals surface area contributed by atoms with Gasteiger partial charge in [-0.15, -0.1) is 0 Å². The van der Waals surface area contributed by atoms with Gasteiger partial charge >= 0.3 is 0 Å². The van der Waals surface area contributed by atoms with Gasteiger partial charge in [0, 0.05) is 8.95 Å². The lowest BCUT2D eigenvalue weighted by Gasteiger charge is -2.34. The molecule has 1 aliphatic carbocycles. The van der Waals surface area contributed by atoms with Crippen LogP contribution >= 0.6 is 31.9 Å². The topological polar surface area (TPSA) is 0 Å². The Bertz CT molecular complexity index is 1090. The van der Waals surface area contributed by atoms with Gasteiger partial charge in [0.05, 0.1) is 5.41 Å². The van der Waals surface area contributed by atoms with Gasteiger partial charge in [-0.3, -0.25) is 0 Å². The van der Waals surface area contributed by atoms with Crippen LogP contribution in [0.2, 0.25) is 0 Å². The van der Waals surface area contributed by atoms with Crippen molar-refractivity contribution in [1.29, 1.82) is 0 Å². The highest BCUT2D eigenvalue weighted by atomic mass is 79.9. The van der Waals surface area contributed by atoms with E-state index in [9.17, 15) is 0 Å². The van der Waals surface area contributed by atoms with Gasteiger partial charge in [0.25, 0.3) is 0 Å². The molecule has 0 N–H and O–H groups in total. The van der Waals surface area contributed by atoms with E-state index in [-0.39, 0.29) is 5.41 Å². The van der Waals surface area contributed by atoms with Crippen molar-refractivity contribution in [2.24, 2.45) is 0 Å². The predicted molar refractivity (Wildman–Crippen MR) is 119 cm³/mol. The molecule has 0 heterocycles. The van der Waals surface area contributed by atoms with Crippen LogP contribution in [0.25, 0.3) is 11.1 Å². The van der Waals surface area contributed by atoms with Crippen LogP contribution in [0.5, 0.6) is 0 Å². The maximum absolute atomic E-state index is 3.88. The van der Waals surface area contributed by atoms with Crippen LogP contribution in [0.3, 0.4) is 0 Å². The molecular formula is C25H16Br2. The first-order chi connectivity index (χ1) is 13.2. The second kappa shape index (κ2) is 6.47. The summed E-state index contributed by atoms with van der Waals surface area (Å²) in [6.07, 6.45) is 0. The number of rotatable bonds is 2. The first-order valence-corrected chi connectivity index (χ1v) is 10.5. The Morgan fingerprint density at radius 1 is 0.556 bits per heavy atom. The Kier molecular flexibility index (Phi) is 4.07. The van der Waals surface area contributed by atoms with E-state index >= 15 is 0 Å². The molecule has 0 aromatic heterocycles. The van der Waals surface area contributed by atoms with Gasteiger partial charge in [0.15, 0.2) is 0 Å². The Hall–Kier alpha value is -2.16. The molecule has 5 rings (SSSR count). The van der Waals surface area contributed by atoms with Crippen molar-refractivity contribution in [3.05, 3.63) is 128 Å². The third-order valence-electron chi connectivity index (χ3n) is 5.48. The van der Waals surface area contributed by atoms with Crippen LogP contribution in [-0.2, 0) is 5.41 Å². The first kappa shape index (κ1) is 17.0. The van der Waals surface area contributed by atoms with Crippen molar-refractivity contribution in [3.8, 4) is 11.1 Å². The van der Waals surface area contributed by atoms with Crippen LogP contribution in [0.15, 0.2) is 106 Å². The fraction of sp³-hybridized carbons (Fsp3) is 0.0400. The van der Waals surface area contributed by atoms with Crippen molar-refractivity contribution in [2.75, 3.05) is 0 Å². The number of benzene rings is 4. The minimum atomic E-state index is -0.339. The fourth-order valence-corrected chi connectivity index (χ4v) is 5.50. The molecule has 0 fully saturated rings. The van der Waals surface area contributed by atoms with E-state index in [4.69, 9.17) is 0 Å². The summed E-state index contributed by atoms with van der Waals surface area (Å²) in [5.41, 5.74) is 7.44. The van der Waals surface area contributed by atoms with Crippen LogP contribution in [-0.4, -0.2) is 0 Å². The second-order valence-electron chi connectivity index (χ2n) is 6.83. The van der Waals surface area contributed by atoms with E-state index < -0.39 is 0 Å². The van der Waals surface area contributed by atoms with Gasteiger partial charge in [0.1, 0.15) is 0 Å². The van der Waals surface area contributed by atoms with Crippen molar-refractivity contribution in [3.63, 3.8) is 0 Å². The summed E-state index contributed by atoms with van der Waals surface area (Å²) in [4.78, 5) is 0. The van der Waals surface area contributed by atoms with Gasteiger partial charge in [-0.1, -0.05) is 111 Å². The van der Waals surface area contributed by atoms with Crippen LogP contribution < -0.4 is 0 Å². The average Bonchev–Trinajstić information content (AvgIpc) is 3.01. The van der Waals surface area contributed by atoms with E-state index in [1.807, 2.05) is 0 Å². The zero-order valence-electron chi connectivity index (χ0n) is 14.5. The maximum atomic E-state index is 3.88. The van der Waals surface area contributed by atoms with Crippen molar-refractivity contribution in [1.82, 2.24) is 0 Å². The highest BCUT2D eigenvalue weighted by Crippen LogP contribution is 2.58. The summed E-state index contributed by atoms with van der Waals surface area (Å²) in [6.45, 7) is 0. The Morgan fingerprint density at radius 3 is 1.81 bits per heavy atom. The zero-order chi connectivity index (χ0) is 18.4. The molecule has 0 amide bonds. The number of hydrogen-bond acceptors (Lipinski definition) is 0. The van der Waals surface area contributed by atoms with Gasteiger partial charge < -0.3 is 0 Å². The highest BCUT2D eigenvalue weighted by Gasteiger charge is 2.47. The summed E-state index contributed by atoms with van der Waals surface area (Å²) in [5, 5.41) is 0. The molecule has 4 aromatic carbocycles. The summed E-state index contributed by atoms with van der Waals surface area (Å²) < 4.78 is 2.24. The van der Waals surface area contributed by atoms with Crippen LogP contribution in [0.1, 0.15) is 22.3 Å². The number of hydrogen-bond donors (Lipinski definition) is 0. The van der Waals surface area contributed by atoms with Gasteiger partial charge in [-0.2, -0.15) is 0 Å². The van der Waals surface area contributed by atoms with E-state index in [2.05, 4.69) is 129 Å². The highest BCUT2D eigenvalue weighted by molar-refractivity contribution is 9.10. The lowest BCUT2D eigenvalue weighted by molar-refractivity contribution is 0.764. The monoisotopic (exact) mass is 474 g/mol. The van der Waals surface area contributed by atoms with Gasteiger partial charge in [0.2, 0.25) is 0 Å². The number of fused-ring (bicyclic) bond motifs is 3. The predicted octanol–water partition coefficient (Wildman–Crippen LogP) is 7.57. The molecule has 0 atom stereocenters. The molecule has 0 bridgehead atoms. The maximum Gasteiger partial charge on any atom is 0.0724 e. The average molecular weight is 476 g/mol. The molecule has 0 saturated heterocycles. The molecule has 130 valence electrons. The van der Waals surface area contributed by atoms with E-state index in [1.165, 1.54) is 33.4 Å². The molecule has 0 saturated carbocycles. The molecule has 0 radical (unpaired) electrons. The first-order valence-electron chi connectivity index (χ1n) is 8.93. The van der Waals surface area contributed by atoms with Crippen LogP contribution in [0.4, 0.5) is 0 Å². The molecule has 0 spiro atoms. The normalized spacial score (nSPS) is 13.9. The summed E-state index contributed by atoms with van der Waals surface area (Å²) in [5.74, 6) is 0. The number of halogens is 2. The third kappa shape index (κ3) is 2.40. The smallest absolute Gasteiger partial charge is 0.0622 e. The lowest BCUT2D eigenvalue weighted by Crippen LogP contribution is -2.28. The molecule has 0 aliphatic heterocycles. The minimum Gasteiger partial charge on any atom is -0.0622 e. The zero-order valence-corrected chi connectivity index (χ0v) is 17.7. The summed E-state index contributed by atoms with van der Waals surface area (Å²) in [7, 11) is 0. The van der Waals surface area contributed by atoms with E-state index in [0.29, 0.717) is 0 Å². The van der Waals surface area contributed by atoms with E-state index in [0.717, 1.165) is 8.95 Å². The van der Waals surface area contributed by atoms with Crippen molar-refractivity contribution < 1.29 is 0 Å². The summed E-state index contributed by atoms with van der Waals surface area (Å²) in [6, 6.07) is 34.8. The Morgan fingerprint density at radius 2 is 1.19 bits per heavy atom. The van der Waals surface area contributed by atoms with Crippen molar-refractivity contribution >= 4 is 31.9 Å². The van der Waals surface area contributed by atoms with Gasteiger partial charge in [-0.25, -0.2) is 0 Å². The molecule has 2 heteroatoms. The SMILES string of the molecule is Brc1ccc2c(c1)-c1cccc(Br)c1C2(c1ccccc1)c1ccccc1. The third-order valence-corrected chi connectivity index (χ3v) is 6.63. The van der Waals surface area contributed by atoms with E-state index in [1.54, 1.807) is 0 Å². The molecular weight excluding hydrogens is 460 g/mol. The molecule has 4 aromatic rings. The minimum absolute atomic E-state index is 0.339. The molecule has 1 aliphatic rings. The van der Waals surface area contributed by atoms with Crippen LogP contribution in [0, 0.1) is 0 Å². The lowest BCUT2D eigenvalue weighted by atomic mass is 9.68. The van der Waals surface area contributed by atoms with Crippen molar-refractivity contribution in [2.45, 2.75) is 5.41 Å². The second-order valence-corrected chi connectivity index (χ2v) is 8.60. The molecule has 0 unspecified atom stereocenters.